The van der Waals surface area contributed by atoms with Crippen LogP contribution in [0.2, 0.25) is 0 Å². The highest BCUT2D eigenvalue weighted by atomic mass is 16.2. The molecule has 2 aromatic heterocycles. The van der Waals surface area contributed by atoms with Gasteiger partial charge in [0.25, 0.3) is 5.91 Å². The van der Waals surface area contributed by atoms with Crippen molar-refractivity contribution >= 4 is 17.4 Å². The van der Waals surface area contributed by atoms with E-state index in [1.54, 1.807) is 6.20 Å². The Morgan fingerprint density at radius 1 is 0.893 bits per heavy atom. The number of rotatable bonds is 3. The van der Waals surface area contributed by atoms with Gasteiger partial charge in [-0.3, -0.25) is 19.8 Å². The number of aromatic nitrogens is 3. The lowest BCUT2D eigenvalue weighted by Gasteiger charge is -2.35. The monoisotopic (exact) mass is 366 g/mol. The predicted molar refractivity (Wildman–Crippen MR) is 106 cm³/mol. The Balaban J connectivity index is 1.57. The van der Waals surface area contributed by atoms with Gasteiger partial charge in [0, 0.05) is 17.4 Å². The lowest BCUT2D eigenvalue weighted by atomic mass is 10.0. The molecule has 6 nitrogen and oxygen atoms in total. The van der Waals surface area contributed by atoms with Crippen molar-refractivity contribution in [1.29, 1.82) is 0 Å². The largest absolute Gasteiger partial charge is 0.299 e. The number of hydrogen-bond donors (Lipinski definition) is 1. The first-order chi connectivity index (χ1) is 13.8. The van der Waals surface area contributed by atoms with Crippen molar-refractivity contribution in [1.82, 2.24) is 20.5 Å². The summed E-state index contributed by atoms with van der Waals surface area (Å²) in [6.07, 6.45) is 2.83. The fourth-order valence-electron chi connectivity index (χ4n) is 3.42. The minimum absolute atomic E-state index is 0.269. The number of H-pyrrole nitrogens is 1. The van der Waals surface area contributed by atoms with Gasteiger partial charge >= 0.3 is 0 Å². The highest BCUT2D eigenvalue weighted by Gasteiger charge is 2.36. The molecule has 0 saturated carbocycles. The number of carbonyl (C=O) groups is 1. The van der Waals surface area contributed by atoms with E-state index >= 15 is 0 Å². The molecule has 0 fully saturated rings. The van der Waals surface area contributed by atoms with Crippen LogP contribution in [0.4, 0.5) is 11.5 Å². The van der Waals surface area contributed by atoms with Crippen LogP contribution in [0, 0.1) is 0 Å². The van der Waals surface area contributed by atoms with E-state index in [0.29, 0.717) is 11.4 Å². The summed E-state index contributed by atoms with van der Waals surface area (Å²) in [7, 11) is 0. The topological polar surface area (TPSA) is 76.0 Å². The van der Waals surface area contributed by atoms with Gasteiger partial charge in [0.1, 0.15) is 11.4 Å². The molecule has 0 spiro atoms. The second-order valence-electron chi connectivity index (χ2n) is 6.48. The van der Waals surface area contributed by atoms with E-state index in [1.165, 1.54) is 6.20 Å². The van der Waals surface area contributed by atoms with Crippen molar-refractivity contribution < 1.29 is 4.79 Å². The maximum atomic E-state index is 12.5. The summed E-state index contributed by atoms with van der Waals surface area (Å²) >= 11 is 0. The molecule has 5 rings (SSSR count). The Hall–Kier alpha value is -3.93. The van der Waals surface area contributed by atoms with E-state index in [1.807, 2.05) is 77.7 Å². The predicted octanol–water partition coefficient (Wildman–Crippen LogP) is 4.07. The van der Waals surface area contributed by atoms with Crippen LogP contribution in [-0.4, -0.2) is 21.1 Å². The Kier molecular flexibility index (Phi) is 3.87. The quantitative estimate of drug-likeness (QED) is 0.593. The molecule has 1 atom stereocenters. The molecule has 3 heterocycles. The first-order valence-electron chi connectivity index (χ1n) is 8.95. The zero-order valence-electron chi connectivity index (χ0n) is 14.9. The third kappa shape index (κ3) is 2.72. The van der Waals surface area contributed by atoms with Crippen molar-refractivity contribution in [3.8, 4) is 11.3 Å². The maximum Gasteiger partial charge on any atom is 0.280 e. The van der Waals surface area contributed by atoms with Gasteiger partial charge in [0.15, 0.2) is 6.17 Å². The standard InChI is InChI=1S/C22H16N5O/c28-22-18-14-24-26-21(18)27(17-6-2-1-3-7-17)20(25-22)16-11-9-15(10-12-16)19-8-4-5-13-23-19/h1-14,20H,(H,24,26). The zero-order chi connectivity index (χ0) is 18.9. The van der Waals surface area contributed by atoms with Crippen molar-refractivity contribution in [3.63, 3.8) is 0 Å². The highest BCUT2D eigenvalue weighted by Crippen LogP contribution is 2.38. The van der Waals surface area contributed by atoms with Gasteiger partial charge < -0.3 is 0 Å². The Bertz CT molecular complexity index is 1110. The highest BCUT2D eigenvalue weighted by molar-refractivity contribution is 6.02. The molecule has 1 aliphatic heterocycles. The molecule has 4 aromatic rings. The fraction of sp³-hybridized carbons (Fsp3) is 0.0455. The molecular formula is C22H16N5O. The van der Waals surface area contributed by atoms with Crippen molar-refractivity contribution in [3.05, 3.63) is 96.3 Å². The number of nitrogens with zero attached hydrogens (tertiary/aromatic N) is 4. The smallest absolute Gasteiger partial charge is 0.280 e. The van der Waals surface area contributed by atoms with E-state index in [-0.39, 0.29) is 5.91 Å². The average molecular weight is 366 g/mol. The number of carbonyl (C=O) groups excluding carboxylic acids is 1. The van der Waals surface area contributed by atoms with Crippen molar-refractivity contribution in [2.75, 3.05) is 4.90 Å². The van der Waals surface area contributed by atoms with E-state index < -0.39 is 6.17 Å². The van der Waals surface area contributed by atoms with Gasteiger partial charge in [-0.1, -0.05) is 48.5 Å². The minimum Gasteiger partial charge on any atom is -0.299 e. The molecule has 1 amide bonds. The second kappa shape index (κ2) is 6.66. The van der Waals surface area contributed by atoms with Crippen LogP contribution in [0.3, 0.4) is 0 Å². The third-order valence-corrected chi connectivity index (χ3v) is 4.78. The lowest BCUT2D eigenvalue weighted by molar-refractivity contribution is 0.0924. The van der Waals surface area contributed by atoms with Gasteiger partial charge in [-0.15, -0.1) is 0 Å². The molecule has 28 heavy (non-hydrogen) atoms. The van der Waals surface area contributed by atoms with E-state index in [4.69, 9.17) is 0 Å². The molecule has 1 radical (unpaired) electrons. The molecule has 135 valence electrons. The SMILES string of the molecule is O=C1[N]C(c2ccc(-c3ccccn3)cc2)N(c2ccccc2)c2[nH]ncc21. The van der Waals surface area contributed by atoms with Crippen LogP contribution in [0.25, 0.3) is 11.3 Å². The number of anilines is 2. The zero-order valence-corrected chi connectivity index (χ0v) is 14.9. The number of fused-ring (bicyclic) bond motifs is 1. The van der Waals surface area contributed by atoms with Crippen molar-refractivity contribution in [2.45, 2.75) is 6.17 Å². The van der Waals surface area contributed by atoms with Gasteiger partial charge in [-0.2, -0.15) is 5.10 Å². The van der Waals surface area contributed by atoms with Gasteiger partial charge in [-0.05, 0) is 29.8 Å². The number of amides is 1. The molecule has 1 unspecified atom stereocenters. The lowest BCUT2D eigenvalue weighted by Crippen LogP contribution is -2.39. The molecule has 1 aliphatic rings. The van der Waals surface area contributed by atoms with E-state index in [9.17, 15) is 4.79 Å². The molecule has 0 aliphatic carbocycles. The Morgan fingerprint density at radius 3 is 2.43 bits per heavy atom. The van der Waals surface area contributed by atoms with Crippen LogP contribution >= 0.6 is 0 Å². The number of benzene rings is 2. The third-order valence-electron chi connectivity index (χ3n) is 4.78. The first kappa shape index (κ1) is 16.3. The van der Waals surface area contributed by atoms with Crippen LogP contribution < -0.4 is 10.2 Å². The minimum atomic E-state index is -0.472. The van der Waals surface area contributed by atoms with Crippen LogP contribution in [0.1, 0.15) is 22.1 Å². The maximum absolute atomic E-state index is 12.5. The number of para-hydroxylation sites is 1. The summed E-state index contributed by atoms with van der Waals surface area (Å²) in [4.78, 5) is 18.9. The summed E-state index contributed by atoms with van der Waals surface area (Å²) in [5, 5.41) is 11.5. The number of aromatic amines is 1. The number of pyridine rings is 1. The molecule has 0 bridgehead atoms. The normalized spacial score (nSPS) is 15.8. The molecule has 1 N–H and O–H groups in total. The molecular weight excluding hydrogens is 350 g/mol. The van der Waals surface area contributed by atoms with Crippen molar-refractivity contribution in [2.24, 2.45) is 0 Å². The number of nitrogens with one attached hydrogen (secondary N) is 1. The summed E-state index contributed by atoms with van der Waals surface area (Å²) < 4.78 is 0. The average Bonchev–Trinajstić information content (AvgIpc) is 3.25. The number of hydrogen-bond acceptors (Lipinski definition) is 4. The van der Waals surface area contributed by atoms with Crippen LogP contribution in [-0.2, 0) is 0 Å². The first-order valence-corrected chi connectivity index (χ1v) is 8.95. The molecule has 0 saturated heterocycles. The summed E-state index contributed by atoms with van der Waals surface area (Å²) in [6.45, 7) is 0. The van der Waals surface area contributed by atoms with Gasteiger partial charge in [0.2, 0.25) is 0 Å². The van der Waals surface area contributed by atoms with Crippen LogP contribution in [0.5, 0.6) is 0 Å². The summed E-state index contributed by atoms with van der Waals surface area (Å²) in [6, 6.07) is 23.7. The fourth-order valence-corrected chi connectivity index (χ4v) is 3.42. The molecule has 2 aromatic carbocycles. The summed E-state index contributed by atoms with van der Waals surface area (Å²) in [5.41, 5.74) is 4.24. The van der Waals surface area contributed by atoms with Gasteiger partial charge in [0.05, 0.1) is 11.9 Å². The van der Waals surface area contributed by atoms with Crippen LogP contribution in [0.15, 0.2) is 85.2 Å². The van der Waals surface area contributed by atoms with E-state index in [2.05, 4.69) is 20.5 Å². The van der Waals surface area contributed by atoms with E-state index in [0.717, 1.165) is 22.5 Å². The van der Waals surface area contributed by atoms with Gasteiger partial charge in [-0.25, -0.2) is 5.32 Å². The second-order valence-corrected chi connectivity index (χ2v) is 6.48. The molecule has 6 heteroatoms. The summed E-state index contributed by atoms with van der Waals surface area (Å²) in [5.74, 6) is 0.389. The Labute approximate surface area is 161 Å². The Morgan fingerprint density at radius 2 is 1.68 bits per heavy atom.